The SMILES string of the molecule is CCCCNc1ccc(NC(=O)c2ccc(OC)c(OC)c2)nn1. The summed E-state index contributed by atoms with van der Waals surface area (Å²) in [6, 6.07) is 8.44. The van der Waals surface area contributed by atoms with E-state index in [9.17, 15) is 4.79 Å². The molecule has 1 amide bonds. The van der Waals surface area contributed by atoms with Crippen LogP contribution in [-0.4, -0.2) is 36.9 Å². The number of aromatic nitrogens is 2. The highest BCUT2D eigenvalue weighted by Crippen LogP contribution is 2.27. The lowest BCUT2D eigenvalue weighted by atomic mass is 10.2. The summed E-state index contributed by atoms with van der Waals surface area (Å²) in [6.45, 7) is 2.97. The topological polar surface area (TPSA) is 85.4 Å². The molecule has 2 aromatic rings. The first-order valence-electron chi connectivity index (χ1n) is 7.79. The van der Waals surface area contributed by atoms with E-state index < -0.39 is 0 Å². The Hall–Kier alpha value is -2.83. The number of nitrogens with zero attached hydrogens (tertiary/aromatic N) is 2. The van der Waals surface area contributed by atoms with Crippen LogP contribution in [0.5, 0.6) is 11.5 Å². The van der Waals surface area contributed by atoms with Crippen LogP contribution in [0.1, 0.15) is 30.1 Å². The van der Waals surface area contributed by atoms with Crippen molar-refractivity contribution in [1.29, 1.82) is 0 Å². The minimum absolute atomic E-state index is 0.294. The third kappa shape index (κ3) is 4.58. The van der Waals surface area contributed by atoms with E-state index in [-0.39, 0.29) is 5.91 Å². The molecule has 0 unspecified atom stereocenters. The van der Waals surface area contributed by atoms with Gasteiger partial charge in [-0.25, -0.2) is 0 Å². The van der Waals surface area contributed by atoms with Crippen molar-refractivity contribution in [3.63, 3.8) is 0 Å². The Morgan fingerprint density at radius 1 is 1.04 bits per heavy atom. The number of carbonyl (C=O) groups is 1. The van der Waals surface area contributed by atoms with Crippen molar-refractivity contribution in [1.82, 2.24) is 10.2 Å². The second-order valence-electron chi connectivity index (χ2n) is 5.11. The van der Waals surface area contributed by atoms with Crippen LogP contribution in [0, 0.1) is 0 Å². The van der Waals surface area contributed by atoms with E-state index in [0.29, 0.717) is 28.7 Å². The summed E-state index contributed by atoms with van der Waals surface area (Å²) in [5, 5.41) is 13.9. The highest BCUT2D eigenvalue weighted by atomic mass is 16.5. The van der Waals surface area contributed by atoms with Crippen LogP contribution < -0.4 is 20.1 Å². The molecule has 7 heteroatoms. The van der Waals surface area contributed by atoms with E-state index in [0.717, 1.165) is 19.4 Å². The number of nitrogens with one attached hydrogen (secondary N) is 2. The Morgan fingerprint density at radius 3 is 2.38 bits per heavy atom. The number of carbonyl (C=O) groups excluding carboxylic acids is 1. The van der Waals surface area contributed by atoms with Gasteiger partial charge in [0.2, 0.25) is 0 Å². The van der Waals surface area contributed by atoms with Gasteiger partial charge in [-0.05, 0) is 36.8 Å². The Morgan fingerprint density at radius 2 is 1.75 bits per heavy atom. The van der Waals surface area contributed by atoms with Crippen molar-refractivity contribution in [2.24, 2.45) is 0 Å². The Labute approximate surface area is 141 Å². The van der Waals surface area contributed by atoms with Crippen LogP contribution in [0.3, 0.4) is 0 Å². The maximum atomic E-state index is 12.3. The van der Waals surface area contributed by atoms with Gasteiger partial charge in [-0.3, -0.25) is 4.79 Å². The Bertz CT molecular complexity index is 674. The number of hydrogen-bond donors (Lipinski definition) is 2. The van der Waals surface area contributed by atoms with Gasteiger partial charge in [0.05, 0.1) is 14.2 Å². The van der Waals surface area contributed by atoms with Crippen molar-refractivity contribution < 1.29 is 14.3 Å². The van der Waals surface area contributed by atoms with Crippen LogP contribution in [0.4, 0.5) is 11.6 Å². The van der Waals surface area contributed by atoms with E-state index in [1.165, 1.54) is 7.11 Å². The van der Waals surface area contributed by atoms with E-state index in [1.54, 1.807) is 37.4 Å². The van der Waals surface area contributed by atoms with Crippen LogP contribution in [0.2, 0.25) is 0 Å². The minimum Gasteiger partial charge on any atom is -0.493 e. The van der Waals surface area contributed by atoms with Gasteiger partial charge in [0.1, 0.15) is 5.82 Å². The molecule has 128 valence electrons. The monoisotopic (exact) mass is 330 g/mol. The van der Waals surface area contributed by atoms with Crippen molar-refractivity contribution in [3.05, 3.63) is 35.9 Å². The lowest BCUT2D eigenvalue weighted by molar-refractivity contribution is 0.102. The predicted molar refractivity (Wildman–Crippen MR) is 92.9 cm³/mol. The molecule has 2 rings (SSSR count). The summed E-state index contributed by atoms with van der Waals surface area (Å²) < 4.78 is 10.4. The molecule has 24 heavy (non-hydrogen) atoms. The Balaban J connectivity index is 2.01. The van der Waals surface area contributed by atoms with Gasteiger partial charge in [-0.2, -0.15) is 0 Å². The molecular formula is C17H22N4O3. The van der Waals surface area contributed by atoms with E-state index in [4.69, 9.17) is 9.47 Å². The number of hydrogen-bond acceptors (Lipinski definition) is 6. The average Bonchev–Trinajstić information content (AvgIpc) is 2.62. The smallest absolute Gasteiger partial charge is 0.257 e. The van der Waals surface area contributed by atoms with Gasteiger partial charge < -0.3 is 20.1 Å². The molecule has 0 radical (unpaired) electrons. The van der Waals surface area contributed by atoms with E-state index in [2.05, 4.69) is 27.8 Å². The predicted octanol–water partition coefficient (Wildman–Crippen LogP) is 2.96. The molecule has 0 spiro atoms. The number of unbranched alkanes of at least 4 members (excludes halogenated alkanes) is 1. The molecule has 1 heterocycles. The van der Waals surface area contributed by atoms with Crippen LogP contribution in [0.15, 0.2) is 30.3 Å². The molecule has 0 aliphatic carbocycles. The van der Waals surface area contributed by atoms with E-state index in [1.807, 2.05) is 0 Å². The zero-order valence-corrected chi connectivity index (χ0v) is 14.1. The van der Waals surface area contributed by atoms with Crippen molar-refractivity contribution in [2.45, 2.75) is 19.8 Å². The first-order valence-corrected chi connectivity index (χ1v) is 7.79. The molecule has 2 N–H and O–H groups in total. The standard InChI is InChI=1S/C17H22N4O3/c1-4-5-10-18-15-8-9-16(21-20-15)19-17(22)12-6-7-13(23-2)14(11-12)24-3/h6-9,11H,4-5,10H2,1-3H3,(H,18,20)(H,19,21,22). The summed E-state index contributed by atoms with van der Waals surface area (Å²) >= 11 is 0. The van der Waals surface area contributed by atoms with Crippen molar-refractivity contribution >= 4 is 17.5 Å². The first kappa shape index (κ1) is 17.5. The minimum atomic E-state index is -0.294. The molecule has 7 nitrogen and oxygen atoms in total. The van der Waals surface area contributed by atoms with Gasteiger partial charge in [-0.1, -0.05) is 13.3 Å². The summed E-state index contributed by atoms with van der Waals surface area (Å²) in [4.78, 5) is 12.3. The number of amides is 1. The van der Waals surface area contributed by atoms with Crippen molar-refractivity contribution in [3.8, 4) is 11.5 Å². The van der Waals surface area contributed by atoms with Gasteiger partial charge in [0.15, 0.2) is 17.3 Å². The molecule has 0 atom stereocenters. The largest absolute Gasteiger partial charge is 0.493 e. The molecular weight excluding hydrogens is 308 g/mol. The maximum absolute atomic E-state index is 12.3. The maximum Gasteiger partial charge on any atom is 0.257 e. The Kier molecular flexibility index (Phi) is 6.36. The third-order valence-electron chi connectivity index (χ3n) is 3.39. The first-order chi connectivity index (χ1) is 11.7. The summed E-state index contributed by atoms with van der Waals surface area (Å²) in [5.41, 5.74) is 0.444. The molecule has 0 bridgehead atoms. The molecule has 0 saturated heterocycles. The number of ether oxygens (including phenoxy) is 2. The highest BCUT2D eigenvalue weighted by molar-refractivity contribution is 6.04. The van der Waals surface area contributed by atoms with Crippen LogP contribution >= 0.6 is 0 Å². The lowest BCUT2D eigenvalue weighted by Gasteiger charge is -2.10. The highest BCUT2D eigenvalue weighted by Gasteiger charge is 2.11. The summed E-state index contributed by atoms with van der Waals surface area (Å²) in [7, 11) is 3.07. The number of rotatable bonds is 8. The zero-order chi connectivity index (χ0) is 17.4. The van der Waals surface area contributed by atoms with Crippen molar-refractivity contribution in [2.75, 3.05) is 31.4 Å². The second-order valence-corrected chi connectivity index (χ2v) is 5.11. The second kappa shape index (κ2) is 8.71. The van der Waals surface area contributed by atoms with E-state index >= 15 is 0 Å². The number of benzene rings is 1. The molecule has 1 aromatic carbocycles. The number of methoxy groups -OCH3 is 2. The quantitative estimate of drug-likeness (QED) is 0.724. The van der Waals surface area contributed by atoms with Crippen LogP contribution in [-0.2, 0) is 0 Å². The third-order valence-corrected chi connectivity index (χ3v) is 3.39. The lowest BCUT2D eigenvalue weighted by Crippen LogP contribution is -2.14. The molecule has 0 aliphatic heterocycles. The zero-order valence-electron chi connectivity index (χ0n) is 14.1. The van der Waals surface area contributed by atoms with Crippen LogP contribution in [0.25, 0.3) is 0 Å². The van der Waals surface area contributed by atoms with Gasteiger partial charge in [0.25, 0.3) is 5.91 Å². The molecule has 0 aliphatic rings. The molecule has 0 fully saturated rings. The summed E-state index contributed by atoms with van der Waals surface area (Å²) in [6.07, 6.45) is 2.18. The molecule has 0 saturated carbocycles. The van der Waals surface area contributed by atoms with Gasteiger partial charge in [-0.15, -0.1) is 10.2 Å². The summed E-state index contributed by atoms with van der Waals surface area (Å²) in [5.74, 6) is 1.84. The fourth-order valence-electron chi connectivity index (χ4n) is 2.05. The van der Waals surface area contributed by atoms with Gasteiger partial charge >= 0.3 is 0 Å². The number of anilines is 2. The van der Waals surface area contributed by atoms with Gasteiger partial charge in [0, 0.05) is 12.1 Å². The fourth-order valence-corrected chi connectivity index (χ4v) is 2.05. The normalized spacial score (nSPS) is 10.1. The molecule has 1 aromatic heterocycles. The average molecular weight is 330 g/mol. The fraction of sp³-hybridized carbons (Fsp3) is 0.353.